The van der Waals surface area contributed by atoms with E-state index in [1.54, 1.807) is 48.0 Å². The maximum atomic E-state index is 12.8. The Balaban J connectivity index is 1.67. The van der Waals surface area contributed by atoms with Gasteiger partial charge in [0.15, 0.2) is 11.0 Å². The molecule has 3 rings (SSSR count). The van der Waals surface area contributed by atoms with Crippen LogP contribution >= 0.6 is 23.4 Å². The van der Waals surface area contributed by atoms with Crippen molar-refractivity contribution in [3.8, 4) is 0 Å². The molecule has 0 fully saturated rings. The molecule has 0 spiro atoms. The summed E-state index contributed by atoms with van der Waals surface area (Å²) in [5.74, 6) is -0.704. The number of halogens is 1. The fourth-order valence-electron chi connectivity index (χ4n) is 3.36. The number of nitrogens with one attached hydrogen (secondary N) is 2. The standard InChI is InChI=1S/C24H26ClN5O4S/c1-14(2)11-19(27-22(32)15-7-9-17(25)10-8-15)21-28-29-24(30(21)3)35-13-20(31)26-18-6-4-5-16(12-18)23(33)34/h4-10,12,14,19H,11,13H2,1-3H3,(H,26,31)(H,27,32)(H,33,34)/t19-/m1/s1. The van der Waals surface area contributed by atoms with Crippen molar-refractivity contribution in [1.82, 2.24) is 20.1 Å². The van der Waals surface area contributed by atoms with Gasteiger partial charge in [0, 0.05) is 23.3 Å². The number of carbonyl (C=O) groups excluding carboxylic acids is 2. The summed E-state index contributed by atoms with van der Waals surface area (Å²) in [6.07, 6.45) is 0.649. The van der Waals surface area contributed by atoms with Gasteiger partial charge in [0.05, 0.1) is 17.4 Å². The molecular formula is C24H26ClN5O4S. The van der Waals surface area contributed by atoms with Gasteiger partial charge in [0.25, 0.3) is 5.91 Å². The monoisotopic (exact) mass is 515 g/mol. The smallest absolute Gasteiger partial charge is 0.335 e. The second-order valence-electron chi connectivity index (χ2n) is 8.29. The summed E-state index contributed by atoms with van der Waals surface area (Å²) in [7, 11) is 1.79. The molecule has 2 amide bonds. The van der Waals surface area contributed by atoms with Crippen molar-refractivity contribution in [2.45, 2.75) is 31.5 Å². The summed E-state index contributed by atoms with van der Waals surface area (Å²) >= 11 is 7.11. The first-order valence-electron chi connectivity index (χ1n) is 10.9. The molecular weight excluding hydrogens is 490 g/mol. The van der Waals surface area contributed by atoms with E-state index in [4.69, 9.17) is 16.7 Å². The molecule has 1 heterocycles. The number of carboxylic acid groups (broad SMARTS) is 1. The number of carbonyl (C=O) groups is 3. The Kier molecular flexibility index (Phi) is 8.89. The van der Waals surface area contributed by atoms with Crippen LogP contribution in [0.15, 0.2) is 53.7 Å². The van der Waals surface area contributed by atoms with E-state index in [0.717, 1.165) is 0 Å². The van der Waals surface area contributed by atoms with Crippen molar-refractivity contribution in [2.24, 2.45) is 13.0 Å². The number of nitrogens with zero attached hydrogens (tertiary/aromatic N) is 3. The number of aromatic carboxylic acids is 1. The average molecular weight is 516 g/mol. The molecule has 11 heteroatoms. The van der Waals surface area contributed by atoms with Crippen LogP contribution in [0, 0.1) is 5.92 Å². The molecule has 184 valence electrons. The lowest BCUT2D eigenvalue weighted by molar-refractivity contribution is -0.113. The zero-order valence-electron chi connectivity index (χ0n) is 19.5. The maximum Gasteiger partial charge on any atom is 0.335 e. The molecule has 1 aromatic heterocycles. The van der Waals surface area contributed by atoms with E-state index in [0.29, 0.717) is 33.7 Å². The quantitative estimate of drug-likeness (QED) is 0.341. The van der Waals surface area contributed by atoms with E-state index in [-0.39, 0.29) is 35.1 Å². The molecule has 0 aliphatic carbocycles. The predicted molar refractivity (Wildman–Crippen MR) is 135 cm³/mol. The third kappa shape index (κ3) is 7.30. The van der Waals surface area contributed by atoms with Crippen LogP contribution in [0.1, 0.15) is 52.9 Å². The Bertz CT molecular complexity index is 1210. The predicted octanol–water partition coefficient (Wildman–Crippen LogP) is 4.41. The van der Waals surface area contributed by atoms with Gasteiger partial charge < -0.3 is 20.3 Å². The SMILES string of the molecule is CC(C)C[C@@H](NC(=O)c1ccc(Cl)cc1)c1nnc(SCC(=O)Nc2cccc(C(=O)O)c2)n1C. The summed E-state index contributed by atoms with van der Waals surface area (Å²) in [6.45, 7) is 4.11. The van der Waals surface area contributed by atoms with Crippen molar-refractivity contribution in [3.05, 3.63) is 70.5 Å². The van der Waals surface area contributed by atoms with E-state index in [2.05, 4.69) is 34.7 Å². The summed E-state index contributed by atoms with van der Waals surface area (Å²) < 4.78 is 1.76. The van der Waals surface area contributed by atoms with E-state index in [1.165, 1.54) is 23.9 Å². The van der Waals surface area contributed by atoms with E-state index in [9.17, 15) is 14.4 Å². The van der Waals surface area contributed by atoms with Crippen LogP contribution in [0.3, 0.4) is 0 Å². The molecule has 0 aliphatic heterocycles. The van der Waals surface area contributed by atoms with Gasteiger partial charge in [0.2, 0.25) is 5.91 Å². The molecule has 2 aromatic carbocycles. The molecule has 0 radical (unpaired) electrons. The number of hydrogen-bond acceptors (Lipinski definition) is 6. The second-order valence-corrected chi connectivity index (χ2v) is 9.66. The Morgan fingerprint density at radius 3 is 2.46 bits per heavy atom. The lowest BCUT2D eigenvalue weighted by Gasteiger charge is -2.20. The van der Waals surface area contributed by atoms with Gasteiger partial charge in [0.1, 0.15) is 0 Å². The first-order valence-corrected chi connectivity index (χ1v) is 12.2. The molecule has 1 atom stereocenters. The minimum absolute atomic E-state index is 0.0508. The normalized spacial score (nSPS) is 11.8. The number of rotatable bonds is 10. The highest BCUT2D eigenvalue weighted by Gasteiger charge is 2.23. The highest BCUT2D eigenvalue weighted by molar-refractivity contribution is 7.99. The molecule has 35 heavy (non-hydrogen) atoms. The van der Waals surface area contributed by atoms with Gasteiger partial charge in [-0.2, -0.15) is 0 Å². The zero-order valence-corrected chi connectivity index (χ0v) is 21.1. The van der Waals surface area contributed by atoms with Crippen LogP contribution in [0.5, 0.6) is 0 Å². The van der Waals surface area contributed by atoms with Gasteiger partial charge in [-0.25, -0.2) is 4.79 Å². The lowest BCUT2D eigenvalue weighted by atomic mass is 10.0. The highest BCUT2D eigenvalue weighted by atomic mass is 35.5. The van der Waals surface area contributed by atoms with Crippen molar-refractivity contribution in [2.75, 3.05) is 11.1 Å². The highest BCUT2D eigenvalue weighted by Crippen LogP contribution is 2.24. The largest absolute Gasteiger partial charge is 0.478 e. The molecule has 0 aliphatic rings. The Morgan fingerprint density at radius 1 is 1.09 bits per heavy atom. The number of amides is 2. The van der Waals surface area contributed by atoms with Crippen molar-refractivity contribution in [1.29, 1.82) is 0 Å². The topological polar surface area (TPSA) is 126 Å². The number of aromatic nitrogens is 3. The van der Waals surface area contributed by atoms with Gasteiger partial charge in [-0.15, -0.1) is 10.2 Å². The van der Waals surface area contributed by atoms with E-state index < -0.39 is 5.97 Å². The first kappa shape index (κ1) is 26.2. The van der Waals surface area contributed by atoms with Crippen LogP contribution in [0.2, 0.25) is 5.02 Å². The Hall–Kier alpha value is -3.37. The fraction of sp³-hybridized carbons (Fsp3) is 0.292. The first-order chi connectivity index (χ1) is 16.6. The molecule has 0 saturated carbocycles. The molecule has 0 saturated heterocycles. The summed E-state index contributed by atoms with van der Waals surface area (Å²) in [4.78, 5) is 36.3. The van der Waals surface area contributed by atoms with Crippen LogP contribution in [0.4, 0.5) is 5.69 Å². The van der Waals surface area contributed by atoms with E-state index >= 15 is 0 Å². The summed E-state index contributed by atoms with van der Waals surface area (Å²) in [5, 5.41) is 24.4. The summed E-state index contributed by atoms with van der Waals surface area (Å²) in [6, 6.07) is 12.3. The molecule has 3 N–H and O–H groups in total. The zero-order chi connectivity index (χ0) is 25.5. The second kappa shape index (κ2) is 11.9. The molecule has 0 bridgehead atoms. The average Bonchev–Trinajstić information content (AvgIpc) is 3.17. The summed E-state index contributed by atoms with van der Waals surface area (Å²) in [5.41, 5.74) is 0.977. The van der Waals surface area contributed by atoms with E-state index in [1.807, 2.05) is 0 Å². The van der Waals surface area contributed by atoms with Crippen LogP contribution in [0.25, 0.3) is 0 Å². The number of thioether (sulfide) groups is 1. The van der Waals surface area contributed by atoms with Crippen molar-refractivity contribution < 1.29 is 19.5 Å². The minimum atomic E-state index is -1.07. The lowest BCUT2D eigenvalue weighted by Crippen LogP contribution is -2.31. The van der Waals surface area contributed by atoms with Gasteiger partial charge in [-0.05, 0) is 54.8 Å². The van der Waals surface area contributed by atoms with Gasteiger partial charge in [-0.3, -0.25) is 9.59 Å². The van der Waals surface area contributed by atoms with Crippen LogP contribution in [-0.4, -0.2) is 43.4 Å². The van der Waals surface area contributed by atoms with Crippen molar-refractivity contribution in [3.63, 3.8) is 0 Å². The third-order valence-corrected chi connectivity index (χ3v) is 6.30. The molecule has 0 unspecified atom stereocenters. The number of benzene rings is 2. The molecule has 3 aromatic rings. The number of anilines is 1. The molecule has 9 nitrogen and oxygen atoms in total. The van der Waals surface area contributed by atoms with Gasteiger partial charge >= 0.3 is 5.97 Å². The van der Waals surface area contributed by atoms with Crippen molar-refractivity contribution >= 4 is 46.8 Å². The van der Waals surface area contributed by atoms with Gasteiger partial charge in [-0.1, -0.05) is 43.3 Å². The number of carboxylic acids is 1. The number of hydrogen-bond donors (Lipinski definition) is 3. The maximum absolute atomic E-state index is 12.8. The Labute approximate surface area is 212 Å². The van der Waals surface area contributed by atoms with Crippen LogP contribution in [-0.2, 0) is 11.8 Å². The third-order valence-electron chi connectivity index (χ3n) is 5.02. The van der Waals surface area contributed by atoms with Crippen LogP contribution < -0.4 is 10.6 Å². The minimum Gasteiger partial charge on any atom is -0.478 e. The fourth-order valence-corrected chi connectivity index (χ4v) is 4.20. The Morgan fingerprint density at radius 2 is 1.80 bits per heavy atom.